The zero-order chi connectivity index (χ0) is 19.5. The van der Waals surface area contributed by atoms with E-state index < -0.39 is 21.8 Å². The largest absolute Gasteiger partial charge is 0.343 e. The van der Waals surface area contributed by atoms with Gasteiger partial charge in [0, 0.05) is 18.3 Å². The molecule has 6 nitrogen and oxygen atoms in total. The van der Waals surface area contributed by atoms with Crippen molar-refractivity contribution < 1.29 is 18.0 Å². The summed E-state index contributed by atoms with van der Waals surface area (Å²) in [6, 6.07) is 13.6. The summed E-state index contributed by atoms with van der Waals surface area (Å²) >= 11 is 0. The highest BCUT2D eigenvalue weighted by molar-refractivity contribution is 7.94. The lowest BCUT2D eigenvalue weighted by atomic mass is 9.99. The van der Waals surface area contributed by atoms with Crippen LogP contribution in [0.25, 0.3) is 11.8 Å². The number of fused-ring (bicyclic) bond motifs is 4. The van der Waals surface area contributed by atoms with E-state index in [1.807, 2.05) is 30.3 Å². The van der Waals surface area contributed by atoms with E-state index in [2.05, 4.69) is 0 Å². The van der Waals surface area contributed by atoms with Crippen molar-refractivity contribution >= 4 is 33.6 Å². The van der Waals surface area contributed by atoms with Crippen molar-refractivity contribution in [3.63, 3.8) is 0 Å². The van der Waals surface area contributed by atoms with Crippen LogP contribution in [0.3, 0.4) is 0 Å². The average Bonchev–Trinajstić information content (AvgIpc) is 2.98. The molecule has 0 saturated carbocycles. The van der Waals surface area contributed by atoms with Crippen molar-refractivity contribution in [2.75, 3.05) is 6.54 Å². The van der Waals surface area contributed by atoms with Crippen molar-refractivity contribution in [3.05, 3.63) is 94.0 Å². The predicted molar refractivity (Wildman–Crippen MR) is 104 cm³/mol. The van der Waals surface area contributed by atoms with E-state index in [9.17, 15) is 18.0 Å². The van der Waals surface area contributed by atoms with Crippen molar-refractivity contribution in [2.24, 2.45) is 0 Å². The summed E-state index contributed by atoms with van der Waals surface area (Å²) < 4.78 is 27.3. The van der Waals surface area contributed by atoms with Crippen LogP contribution in [-0.4, -0.2) is 36.0 Å². The fourth-order valence-corrected chi connectivity index (χ4v) is 5.30. The Morgan fingerprint density at radius 3 is 2.07 bits per heavy atom. The minimum Gasteiger partial charge on any atom is -0.343 e. The van der Waals surface area contributed by atoms with Gasteiger partial charge in [0.2, 0.25) is 0 Å². The molecule has 0 fully saturated rings. The third-order valence-electron chi connectivity index (χ3n) is 5.02. The van der Waals surface area contributed by atoms with Crippen LogP contribution in [0.15, 0.2) is 71.8 Å². The van der Waals surface area contributed by atoms with Gasteiger partial charge in [-0.1, -0.05) is 42.5 Å². The summed E-state index contributed by atoms with van der Waals surface area (Å²) in [6.45, 7) is 0.501. The number of imide groups is 1. The highest BCUT2D eigenvalue weighted by Gasteiger charge is 2.46. The van der Waals surface area contributed by atoms with Crippen molar-refractivity contribution in [3.8, 4) is 0 Å². The molecule has 0 bridgehead atoms. The number of carbonyl (C=O) groups excluding carboxylic acids is 2. The number of hydrogen-bond donors (Lipinski definition) is 0. The van der Waals surface area contributed by atoms with Gasteiger partial charge in [-0.2, -0.15) is 4.31 Å². The minimum atomic E-state index is -4.39. The lowest BCUT2D eigenvalue weighted by Crippen LogP contribution is -2.38. The second-order valence-electron chi connectivity index (χ2n) is 6.60. The first kappa shape index (κ1) is 16.7. The zero-order valence-electron chi connectivity index (χ0n) is 14.6. The molecule has 3 aliphatic heterocycles. The summed E-state index contributed by atoms with van der Waals surface area (Å²) in [5.41, 5.74) is 2.28. The van der Waals surface area contributed by atoms with Gasteiger partial charge in [-0.15, -0.1) is 0 Å². The molecule has 0 N–H and O–H groups in total. The molecule has 2 amide bonds. The third kappa shape index (κ3) is 2.16. The minimum absolute atomic E-state index is 0.0648. The molecule has 138 valence electrons. The molecule has 3 heterocycles. The Morgan fingerprint density at radius 2 is 1.39 bits per heavy atom. The standard InChI is InChI=1S/C21H14N2O4S/c24-20-16-8-3-4-9-17(16)21(25)23(20)28(26,27)18-10-5-12-22-13-11-14-6-1-2-7-15(14)19(18)22/h1-11,13H,12H2. The number of carbonyl (C=O) groups is 2. The molecule has 2 aromatic carbocycles. The summed E-state index contributed by atoms with van der Waals surface area (Å²) in [5.74, 6) is -1.64. The van der Waals surface area contributed by atoms with Gasteiger partial charge in [0.1, 0.15) is 4.91 Å². The molecular formula is C21H14N2O4S. The van der Waals surface area contributed by atoms with Crippen LogP contribution < -0.4 is 0 Å². The van der Waals surface area contributed by atoms with Gasteiger partial charge < -0.3 is 4.90 Å². The molecule has 3 aliphatic rings. The average molecular weight is 390 g/mol. The number of rotatable bonds is 2. The van der Waals surface area contributed by atoms with Crippen molar-refractivity contribution in [1.29, 1.82) is 0 Å². The molecule has 0 aromatic heterocycles. The number of amides is 2. The van der Waals surface area contributed by atoms with E-state index in [1.165, 1.54) is 18.2 Å². The fourth-order valence-electron chi connectivity index (χ4n) is 3.73. The number of benzene rings is 2. The summed E-state index contributed by atoms with van der Waals surface area (Å²) in [5, 5.41) is 0. The second kappa shape index (κ2) is 5.77. The van der Waals surface area contributed by atoms with Crippen LogP contribution in [0.4, 0.5) is 0 Å². The topological polar surface area (TPSA) is 74.8 Å². The van der Waals surface area contributed by atoms with E-state index in [0.29, 0.717) is 16.5 Å². The van der Waals surface area contributed by atoms with Crippen molar-refractivity contribution in [2.45, 2.75) is 0 Å². The number of nitrogens with zero attached hydrogens (tertiary/aromatic N) is 2. The van der Waals surface area contributed by atoms with Crippen LogP contribution in [-0.2, 0) is 10.0 Å². The molecule has 7 heteroatoms. The quantitative estimate of drug-likeness (QED) is 0.737. The highest BCUT2D eigenvalue weighted by Crippen LogP contribution is 2.38. The molecule has 0 aliphatic carbocycles. The van der Waals surface area contributed by atoms with Gasteiger partial charge in [-0.05, 0) is 29.8 Å². The second-order valence-corrected chi connectivity index (χ2v) is 8.35. The first-order valence-electron chi connectivity index (χ1n) is 8.68. The Kier molecular flexibility index (Phi) is 3.44. The lowest BCUT2D eigenvalue weighted by Gasteiger charge is -2.32. The van der Waals surface area contributed by atoms with E-state index in [4.69, 9.17) is 0 Å². The first-order valence-corrected chi connectivity index (χ1v) is 10.1. The summed E-state index contributed by atoms with van der Waals surface area (Å²) in [4.78, 5) is 27.2. The van der Waals surface area contributed by atoms with Crippen LogP contribution in [0.1, 0.15) is 31.8 Å². The summed E-state index contributed by atoms with van der Waals surface area (Å²) in [7, 11) is -4.39. The Morgan fingerprint density at radius 1 is 0.786 bits per heavy atom. The van der Waals surface area contributed by atoms with Crippen LogP contribution >= 0.6 is 0 Å². The van der Waals surface area contributed by atoms with Crippen molar-refractivity contribution in [1.82, 2.24) is 9.21 Å². The Bertz CT molecular complexity index is 1220. The number of hydrogen-bond acceptors (Lipinski definition) is 5. The Hall–Kier alpha value is -3.45. The number of allylic oxidation sites excluding steroid dienone is 1. The van der Waals surface area contributed by atoms with Gasteiger partial charge >= 0.3 is 0 Å². The number of sulfonamides is 1. The van der Waals surface area contributed by atoms with Gasteiger partial charge in [0.05, 0.1) is 16.8 Å². The lowest BCUT2D eigenvalue weighted by molar-refractivity contribution is 0.0766. The molecule has 5 rings (SSSR count). The van der Waals surface area contributed by atoms with E-state index in [0.717, 1.165) is 11.1 Å². The first-order chi connectivity index (χ1) is 13.5. The van der Waals surface area contributed by atoms with Gasteiger partial charge in [-0.25, -0.2) is 8.42 Å². The predicted octanol–water partition coefficient (Wildman–Crippen LogP) is 2.84. The molecule has 0 unspecified atom stereocenters. The third-order valence-corrected chi connectivity index (χ3v) is 6.71. The zero-order valence-corrected chi connectivity index (χ0v) is 15.4. The summed E-state index contributed by atoms with van der Waals surface area (Å²) in [6.07, 6.45) is 6.89. The van der Waals surface area contributed by atoms with Crippen LogP contribution in [0.5, 0.6) is 0 Å². The maximum atomic E-state index is 13.5. The molecule has 2 aromatic rings. The maximum Gasteiger partial charge on any atom is 0.275 e. The molecule has 28 heavy (non-hydrogen) atoms. The van der Waals surface area contributed by atoms with Gasteiger partial charge in [-0.3, -0.25) is 9.59 Å². The normalized spacial score (nSPS) is 17.7. The molecular weight excluding hydrogens is 376 g/mol. The van der Waals surface area contributed by atoms with E-state index in [1.54, 1.807) is 29.3 Å². The molecule has 0 spiro atoms. The Labute approximate surface area is 161 Å². The fraction of sp³-hybridized carbons (Fsp3) is 0.0476. The molecule has 0 radical (unpaired) electrons. The van der Waals surface area contributed by atoms with E-state index in [-0.39, 0.29) is 16.0 Å². The maximum absolute atomic E-state index is 13.5. The van der Waals surface area contributed by atoms with Gasteiger partial charge in [0.25, 0.3) is 21.8 Å². The molecule has 0 atom stereocenters. The van der Waals surface area contributed by atoms with E-state index >= 15 is 0 Å². The smallest absolute Gasteiger partial charge is 0.275 e. The molecule has 0 saturated heterocycles. The SMILES string of the molecule is O=C1c2ccccc2C(=O)N1S(=O)(=O)C1=C2c3ccccc3C=CN2CC=C1. The monoisotopic (exact) mass is 390 g/mol. The Balaban J connectivity index is 1.72. The van der Waals surface area contributed by atoms with Crippen LogP contribution in [0.2, 0.25) is 0 Å². The van der Waals surface area contributed by atoms with Gasteiger partial charge in [0.15, 0.2) is 0 Å². The highest BCUT2D eigenvalue weighted by atomic mass is 32.2. The van der Waals surface area contributed by atoms with Crippen LogP contribution in [0, 0.1) is 0 Å².